The van der Waals surface area contributed by atoms with Crippen molar-refractivity contribution in [1.82, 2.24) is 14.8 Å². The molecule has 3 aromatic heterocycles. The number of para-hydroxylation sites is 1. The molecule has 0 atom stereocenters. The zero-order valence-electron chi connectivity index (χ0n) is 16.1. The van der Waals surface area contributed by atoms with E-state index >= 15 is 0 Å². The number of nitrogens with zero attached hydrogens (tertiary/aromatic N) is 3. The lowest BCUT2D eigenvalue weighted by Crippen LogP contribution is -2.16. The van der Waals surface area contributed by atoms with Crippen molar-refractivity contribution in [2.75, 3.05) is 12.4 Å². The van der Waals surface area contributed by atoms with Gasteiger partial charge in [-0.2, -0.15) is 5.10 Å². The van der Waals surface area contributed by atoms with Crippen LogP contribution in [0.3, 0.4) is 0 Å². The van der Waals surface area contributed by atoms with Crippen LogP contribution in [0.2, 0.25) is 0 Å². The molecule has 4 aromatic rings. The van der Waals surface area contributed by atoms with E-state index in [1.54, 1.807) is 53.4 Å². The molecular weight excluding hydrogens is 388 g/mol. The lowest BCUT2D eigenvalue weighted by atomic mass is 10.1. The summed E-state index contributed by atoms with van der Waals surface area (Å²) in [6.45, 7) is 1.84. The second kappa shape index (κ2) is 7.48. The van der Waals surface area contributed by atoms with Gasteiger partial charge < -0.3 is 10.1 Å². The molecule has 1 N–H and O–H groups in total. The van der Waals surface area contributed by atoms with Gasteiger partial charge in [0, 0.05) is 7.05 Å². The van der Waals surface area contributed by atoms with Crippen molar-refractivity contribution in [3.63, 3.8) is 0 Å². The Morgan fingerprint density at radius 1 is 1.14 bits per heavy atom. The Morgan fingerprint density at radius 3 is 2.66 bits per heavy atom. The molecule has 0 unspecified atom stereocenters. The van der Waals surface area contributed by atoms with Crippen LogP contribution >= 0.6 is 11.3 Å². The van der Waals surface area contributed by atoms with Gasteiger partial charge in [-0.3, -0.25) is 9.48 Å². The van der Waals surface area contributed by atoms with Crippen LogP contribution in [-0.4, -0.2) is 33.8 Å². The van der Waals surface area contributed by atoms with Crippen LogP contribution < -0.4 is 5.32 Å². The minimum absolute atomic E-state index is 0.287. The number of esters is 1. The molecule has 0 bridgehead atoms. The van der Waals surface area contributed by atoms with Crippen molar-refractivity contribution in [2.45, 2.75) is 6.92 Å². The van der Waals surface area contributed by atoms with Crippen LogP contribution in [-0.2, 0) is 11.8 Å². The van der Waals surface area contributed by atoms with E-state index in [4.69, 9.17) is 9.72 Å². The maximum Gasteiger partial charge on any atom is 0.339 e. The number of pyridine rings is 1. The molecule has 3 heterocycles. The second-order valence-electron chi connectivity index (χ2n) is 6.43. The fourth-order valence-corrected chi connectivity index (χ4v) is 3.93. The molecule has 4 rings (SSSR count). The van der Waals surface area contributed by atoms with Crippen LogP contribution in [0.4, 0.5) is 5.69 Å². The van der Waals surface area contributed by atoms with E-state index in [9.17, 15) is 9.59 Å². The molecule has 1 amide bonds. The van der Waals surface area contributed by atoms with E-state index in [1.165, 1.54) is 7.11 Å². The highest BCUT2D eigenvalue weighted by Crippen LogP contribution is 2.30. The van der Waals surface area contributed by atoms with Crippen LogP contribution in [0.15, 0.2) is 47.8 Å². The number of fused-ring (bicyclic) bond motifs is 1. The van der Waals surface area contributed by atoms with Crippen molar-refractivity contribution in [3.05, 3.63) is 64.7 Å². The molecule has 29 heavy (non-hydrogen) atoms. The number of methoxy groups -OCH3 is 1. The third-order valence-corrected chi connectivity index (χ3v) is 5.46. The summed E-state index contributed by atoms with van der Waals surface area (Å²) in [6.07, 6.45) is 0. The first-order valence-electron chi connectivity index (χ1n) is 8.86. The summed E-state index contributed by atoms with van der Waals surface area (Å²) in [5.41, 5.74) is 3.15. The topological polar surface area (TPSA) is 86.1 Å². The number of hydrogen-bond acceptors (Lipinski definition) is 6. The summed E-state index contributed by atoms with van der Waals surface area (Å²) in [5.74, 6) is -0.861. The highest BCUT2D eigenvalue weighted by atomic mass is 32.1. The van der Waals surface area contributed by atoms with E-state index in [-0.39, 0.29) is 11.5 Å². The Kier molecular flexibility index (Phi) is 4.85. The number of anilines is 1. The standard InChI is InChI=1S/C21H18N4O3S/c1-12-18-14(20(26)23-15-8-5-4-7-13(15)21(27)28-3)11-16(17-9-6-10-29-17)22-19(18)25(2)24-12/h4-11H,1-3H3,(H,23,26). The minimum Gasteiger partial charge on any atom is -0.465 e. The van der Waals surface area contributed by atoms with Gasteiger partial charge in [-0.25, -0.2) is 9.78 Å². The first-order chi connectivity index (χ1) is 14.0. The molecule has 0 saturated carbocycles. The van der Waals surface area contributed by atoms with Gasteiger partial charge in [0.05, 0.1) is 45.6 Å². The number of hydrogen-bond donors (Lipinski definition) is 1. The van der Waals surface area contributed by atoms with Crippen molar-refractivity contribution in [3.8, 4) is 10.6 Å². The number of benzene rings is 1. The van der Waals surface area contributed by atoms with Crippen LogP contribution in [0, 0.1) is 6.92 Å². The first-order valence-corrected chi connectivity index (χ1v) is 9.74. The van der Waals surface area contributed by atoms with Crippen molar-refractivity contribution in [2.24, 2.45) is 7.05 Å². The number of rotatable bonds is 4. The zero-order valence-corrected chi connectivity index (χ0v) is 16.9. The van der Waals surface area contributed by atoms with Crippen molar-refractivity contribution < 1.29 is 14.3 Å². The van der Waals surface area contributed by atoms with Crippen LogP contribution in [0.1, 0.15) is 26.4 Å². The number of carbonyl (C=O) groups excluding carboxylic acids is 2. The first kappa shape index (κ1) is 18.8. The highest BCUT2D eigenvalue weighted by Gasteiger charge is 2.21. The van der Waals surface area contributed by atoms with Gasteiger partial charge in [0.1, 0.15) is 0 Å². The number of aryl methyl sites for hydroxylation is 2. The third-order valence-electron chi connectivity index (χ3n) is 4.57. The second-order valence-corrected chi connectivity index (χ2v) is 7.38. The third kappa shape index (κ3) is 3.38. The minimum atomic E-state index is -0.516. The summed E-state index contributed by atoms with van der Waals surface area (Å²) in [5, 5.41) is 9.91. The van der Waals surface area contributed by atoms with Gasteiger partial charge in [-0.05, 0) is 36.6 Å². The van der Waals surface area contributed by atoms with Crippen LogP contribution in [0.5, 0.6) is 0 Å². The summed E-state index contributed by atoms with van der Waals surface area (Å²) < 4.78 is 6.48. The van der Waals surface area contributed by atoms with E-state index in [0.717, 1.165) is 4.88 Å². The molecule has 8 heteroatoms. The van der Waals surface area contributed by atoms with Crippen LogP contribution in [0.25, 0.3) is 21.6 Å². The number of aromatic nitrogens is 3. The maximum atomic E-state index is 13.2. The summed E-state index contributed by atoms with van der Waals surface area (Å²) in [4.78, 5) is 30.9. The Morgan fingerprint density at radius 2 is 1.93 bits per heavy atom. The Hall–Kier alpha value is -3.52. The van der Waals surface area contributed by atoms with E-state index in [1.807, 2.05) is 24.4 Å². The van der Waals surface area contributed by atoms with Gasteiger partial charge in [0.2, 0.25) is 0 Å². The quantitative estimate of drug-likeness (QED) is 0.517. The number of carbonyl (C=O) groups is 2. The summed E-state index contributed by atoms with van der Waals surface area (Å²) in [7, 11) is 3.11. The highest BCUT2D eigenvalue weighted by molar-refractivity contribution is 7.13. The van der Waals surface area contributed by atoms with E-state index < -0.39 is 5.97 Å². The molecule has 0 spiro atoms. The average molecular weight is 406 g/mol. The van der Waals surface area contributed by atoms with Gasteiger partial charge in [0.25, 0.3) is 5.91 Å². The Balaban J connectivity index is 1.83. The fourth-order valence-electron chi connectivity index (χ4n) is 3.24. The van der Waals surface area contributed by atoms with Crippen molar-refractivity contribution >= 4 is 39.9 Å². The maximum absolute atomic E-state index is 13.2. The number of amides is 1. The summed E-state index contributed by atoms with van der Waals surface area (Å²) in [6, 6.07) is 12.4. The summed E-state index contributed by atoms with van der Waals surface area (Å²) >= 11 is 1.55. The van der Waals surface area contributed by atoms with E-state index in [0.29, 0.717) is 33.7 Å². The fraction of sp³-hybridized carbons (Fsp3) is 0.143. The monoisotopic (exact) mass is 406 g/mol. The molecule has 0 aliphatic rings. The van der Waals surface area contributed by atoms with Gasteiger partial charge in [-0.15, -0.1) is 11.3 Å². The molecule has 146 valence electrons. The molecule has 0 aliphatic heterocycles. The molecular formula is C21H18N4O3S. The molecule has 0 fully saturated rings. The average Bonchev–Trinajstić information content (AvgIpc) is 3.36. The lowest BCUT2D eigenvalue weighted by molar-refractivity contribution is 0.0602. The number of thiophene rings is 1. The molecule has 7 nitrogen and oxygen atoms in total. The SMILES string of the molecule is COC(=O)c1ccccc1NC(=O)c1cc(-c2cccs2)nc2c1c(C)nn2C. The lowest BCUT2D eigenvalue weighted by Gasteiger charge is -2.11. The molecule has 0 saturated heterocycles. The predicted molar refractivity (Wildman–Crippen MR) is 112 cm³/mol. The number of nitrogens with one attached hydrogen (secondary N) is 1. The number of ether oxygens (including phenoxy) is 1. The predicted octanol–water partition coefficient (Wildman–Crippen LogP) is 4.04. The zero-order chi connectivity index (χ0) is 20.5. The largest absolute Gasteiger partial charge is 0.465 e. The normalized spacial score (nSPS) is 10.9. The smallest absolute Gasteiger partial charge is 0.339 e. The van der Waals surface area contributed by atoms with Crippen molar-refractivity contribution in [1.29, 1.82) is 0 Å². The van der Waals surface area contributed by atoms with Gasteiger partial charge in [-0.1, -0.05) is 18.2 Å². The Bertz CT molecular complexity index is 1230. The molecule has 0 aliphatic carbocycles. The Labute approximate surface area is 171 Å². The van der Waals surface area contributed by atoms with E-state index in [2.05, 4.69) is 10.4 Å². The van der Waals surface area contributed by atoms with Gasteiger partial charge in [0.15, 0.2) is 5.65 Å². The van der Waals surface area contributed by atoms with Gasteiger partial charge >= 0.3 is 5.97 Å². The molecule has 1 aromatic carbocycles. The molecule has 0 radical (unpaired) electrons.